The number of hydrogen-bond donors (Lipinski definition) is 1. The van der Waals surface area contributed by atoms with E-state index in [9.17, 15) is 0 Å². The molecule has 0 saturated heterocycles. The SMILES string of the molecule is CCC(COC)NC(C)c1cccc(Br)c1. The number of nitrogens with one attached hydrogen (secondary N) is 1. The first-order valence-electron chi connectivity index (χ1n) is 5.67. The van der Waals surface area contributed by atoms with Gasteiger partial charge in [0.25, 0.3) is 0 Å². The Kier molecular flexibility index (Phi) is 6.03. The molecule has 0 aliphatic rings. The van der Waals surface area contributed by atoms with E-state index in [1.807, 2.05) is 6.07 Å². The molecule has 16 heavy (non-hydrogen) atoms. The van der Waals surface area contributed by atoms with Crippen LogP contribution in [0.1, 0.15) is 31.9 Å². The second kappa shape index (κ2) is 7.05. The van der Waals surface area contributed by atoms with Crippen molar-refractivity contribution in [3.63, 3.8) is 0 Å². The molecule has 1 aromatic rings. The van der Waals surface area contributed by atoms with Gasteiger partial charge in [0.1, 0.15) is 0 Å². The lowest BCUT2D eigenvalue weighted by Crippen LogP contribution is -2.34. The van der Waals surface area contributed by atoms with Crippen LogP contribution in [0.4, 0.5) is 0 Å². The van der Waals surface area contributed by atoms with Crippen molar-refractivity contribution in [1.82, 2.24) is 5.32 Å². The van der Waals surface area contributed by atoms with Crippen LogP contribution < -0.4 is 5.32 Å². The first-order valence-corrected chi connectivity index (χ1v) is 6.47. The van der Waals surface area contributed by atoms with Crippen LogP contribution in [0.3, 0.4) is 0 Å². The predicted octanol–water partition coefficient (Wildman–Crippen LogP) is 3.52. The maximum atomic E-state index is 5.18. The minimum absolute atomic E-state index is 0.345. The van der Waals surface area contributed by atoms with Crippen LogP contribution in [0.5, 0.6) is 0 Å². The maximum absolute atomic E-state index is 5.18. The van der Waals surface area contributed by atoms with Crippen LogP contribution in [-0.2, 0) is 4.74 Å². The molecule has 0 aliphatic carbocycles. The second-order valence-corrected chi connectivity index (χ2v) is 4.92. The highest BCUT2D eigenvalue weighted by molar-refractivity contribution is 9.10. The van der Waals surface area contributed by atoms with Crippen LogP contribution in [0.15, 0.2) is 28.7 Å². The first kappa shape index (κ1) is 13.7. The van der Waals surface area contributed by atoms with E-state index in [1.165, 1.54) is 5.56 Å². The van der Waals surface area contributed by atoms with Gasteiger partial charge in [0.15, 0.2) is 0 Å². The summed E-state index contributed by atoms with van der Waals surface area (Å²) >= 11 is 3.49. The van der Waals surface area contributed by atoms with Crippen molar-refractivity contribution in [2.24, 2.45) is 0 Å². The van der Waals surface area contributed by atoms with E-state index in [4.69, 9.17) is 4.74 Å². The average Bonchev–Trinajstić information content (AvgIpc) is 2.28. The van der Waals surface area contributed by atoms with E-state index >= 15 is 0 Å². The summed E-state index contributed by atoms with van der Waals surface area (Å²) in [6.07, 6.45) is 1.08. The Balaban J connectivity index is 2.60. The van der Waals surface area contributed by atoms with Crippen LogP contribution in [0.2, 0.25) is 0 Å². The molecule has 1 aromatic carbocycles. The number of benzene rings is 1. The third-order valence-electron chi connectivity index (χ3n) is 2.70. The lowest BCUT2D eigenvalue weighted by Gasteiger charge is -2.22. The van der Waals surface area contributed by atoms with Crippen molar-refractivity contribution in [3.8, 4) is 0 Å². The van der Waals surface area contributed by atoms with Gasteiger partial charge in [-0.25, -0.2) is 0 Å². The largest absolute Gasteiger partial charge is 0.383 e. The maximum Gasteiger partial charge on any atom is 0.0615 e. The highest BCUT2D eigenvalue weighted by Crippen LogP contribution is 2.18. The predicted molar refractivity (Wildman–Crippen MR) is 71.6 cm³/mol. The molecule has 2 unspecified atom stereocenters. The molecule has 0 bridgehead atoms. The Hall–Kier alpha value is -0.380. The summed E-state index contributed by atoms with van der Waals surface area (Å²) in [5.74, 6) is 0. The fourth-order valence-corrected chi connectivity index (χ4v) is 2.13. The molecule has 3 heteroatoms. The highest BCUT2D eigenvalue weighted by atomic mass is 79.9. The third kappa shape index (κ3) is 4.24. The van der Waals surface area contributed by atoms with E-state index in [1.54, 1.807) is 7.11 Å². The van der Waals surface area contributed by atoms with Crippen molar-refractivity contribution < 1.29 is 4.74 Å². The van der Waals surface area contributed by atoms with Gasteiger partial charge in [-0.1, -0.05) is 35.0 Å². The smallest absolute Gasteiger partial charge is 0.0615 e. The van der Waals surface area contributed by atoms with E-state index < -0.39 is 0 Å². The lowest BCUT2D eigenvalue weighted by molar-refractivity contribution is 0.159. The van der Waals surface area contributed by atoms with Crippen molar-refractivity contribution in [2.75, 3.05) is 13.7 Å². The zero-order chi connectivity index (χ0) is 12.0. The van der Waals surface area contributed by atoms with Gasteiger partial charge in [-0.15, -0.1) is 0 Å². The summed E-state index contributed by atoms with van der Waals surface area (Å²) in [6, 6.07) is 9.16. The van der Waals surface area contributed by atoms with E-state index in [-0.39, 0.29) is 0 Å². The molecule has 2 atom stereocenters. The van der Waals surface area contributed by atoms with Gasteiger partial charge < -0.3 is 10.1 Å². The Morgan fingerprint density at radius 2 is 2.19 bits per heavy atom. The number of halogens is 1. The highest BCUT2D eigenvalue weighted by Gasteiger charge is 2.11. The summed E-state index contributed by atoms with van der Waals surface area (Å²) in [6.45, 7) is 5.11. The molecule has 0 amide bonds. The van der Waals surface area contributed by atoms with Crippen molar-refractivity contribution in [3.05, 3.63) is 34.3 Å². The molecule has 0 heterocycles. The summed E-state index contributed by atoms with van der Waals surface area (Å²) < 4.78 is 6.31. The Labute approximate surface area is 107 Å². The van der Waals surface area contributed by atoms with Gasteiger partial charge in [0, 0.05) is 23.7 Å². The first-order chi connectivity index (χ1) is 7.67. The fraction of sp³-hybridized carbons (Fsp3) is 0.538. The number of methoxy groups -OCH3 is 1. The van der Waals surface area contributed by atoms with Crippen molar-refractivity contribution in [2.45, 2.75) is 32.4 Å². The Morgan fingerprint density at radius 3 is 2.75 bits per heavy atom. The molecule has 0 saturated carbocycles. The van der Waals surface area contributed by atoms with Crippen LogP contribution in [0.25, 0.3) is 0 Å². The Bertz CT molecular complexity index is 317. The molecule has 2 nitrogen and oxygen atoms in total. The normalized spacial score (nSPS) is 14.8. The van der Waals surface area contributed by atoms with E-state index in [0.29, 0.717) is 12.1 Å². The lowest BCUT2D eigenvalue weighted by atomic mass is 10.1. The standard InChI is InChI=1S/C13H20BrNO/c1-4-13(9-16-3)15-10(2)11-6-5-7-12(14)8-11/h5-8,10,13,15H,4,9H2,1-3H3. The Morgan fingerprint density at radius 1 is 1.44 bits per heavy atom. The topological polar surface area (TPSA) is 21.3 Å². The molecule has 1 N–H and O–H groups in total. The zero-order valence-electron chi connectivity index (χ0n) is 10.2. The van der Waals surface area contributed by atoms with Gasteiger partial charge >= 0.3 is 0 Å². The monoisotopic (exact) mass is 285 g/mol. The summed E-state index contributed by atoms with van der Waals surface area (Å²) in [7, 11) is 1.74. The average molecular weight is 286 g/mol. The minimum Gasteiger partial charge on any atom is -0.383 e. The number of ether oxygens (including phenoxy) is 1. The molecule has 0 spiro atoms. The minimum atomic E-state index is 0.345. The molecule has 0 radical (unpaired) electrons. The molecule has 0 aliphatic heterocycles. The quantitative estimate of drug-likeness (QED) is 0.864. The van der Waals surface area contributed by atoms with Gasteiger partial charge in [-0.2, -0.15) is 0 Å². The third-order valence-corrected chi connectivity index (χ3v) is 3.19. The van der Waals surface area contributed by atoms with Crippen LogP contribution >= 0.6 is 15.9 Å². The van der Waals surface area contributed by atoms with Gasteiger partial charge in [-0.05, 0) is 31.0 Å². The molecular weight excluding hydrogens is 266 g/mol. The van der Waals surface area contributed by atoms with Gasteiger partial charge in [-0.3, -0.25) is 0 Å². The van der Waals surface area contributed by atoms with E-state index in [2.05, 4.69) is 53.3 Å². The van der Waals surface area contributed by atoms with Gasteiger partial charge in [0.2, 0.25) is 0 Å². The van der Waals surface area contributed by atoms with Crippen LogP contribution in [0, 0.1) is 0 Å². The van der Waals surface area contributed by atoms with E-state index in [0.717, 1.165) is 17.5 Å². The fourth-order valence-electron chi connectivity index (χ4n) is 1.71. The number of hydrogen-bond acceptors (Lipinski definition) is 2. The summed E-state index contributed by atoms with van der Waals surface area (Å²) in [5.41, 5.74) is 1.30. The summed E-state index contributed by atoms with van der Waals surface area (Å²) in [5, 5.41) is 3.57. The van der Waals surface area contributed by atoms with Crippen LogP contribution in [-0.4, -0.2) is 19.8 Å². The molecule has 90 valence electrons. The number of rotatable bonds is 6. The zero-order valence-corrected chi connectivity index (χ0v) is 11.8. The molecule has 0 aromatic heterocycles. The molecular formula is C13H20BrNO. The second-order valence-electron chi connectivity index (χ2n) is 4.00. The molecule has 1 rings (SSSR count). The summed E-state index contributed by atoms with van der Waals surface area (Å²) in [4.78, 5) is 0. The van der Waals surface area contributed by atoms with Crippen molar-refractivity contribution >= 4 is 15.9 Å². The van der Waals surface area contributed by atoms with Gasteiger partial charge in [0.05, 0.1) is 6.61 Å². The van der Waals surface area contributed by atoms with Crippen molar-refractivity contribution in [1.29, 1.82) is 0 Å². The molecule has 0 fully saturated rings.